The van der Waals surface area contributed by atoms with Gasteiger partial charge in [0.1, 0.15) is 5.84 Å². The first kappa shape index (κ1) is 22.1. The van der Waals surface area contributed by atoms with Crippen molar-refractivity contribution in [2.75, 3.05) is 39.1 Å². The molecule has 7 heteroatoms. The van der Waals surface area contributed by atoms with Crippen molar-refractivity contribution in [3.05, 3.63) is 64.7 Å². The summed E-state index contributed by atoms with van der Waals surface area (Å²) in [5, 5.41) is 11.1. The van der Waals surface area contributed by atoms with Gasteiger partial charge in [-0.05, 0) is 41.8 Å². The Morgan fingerprint density at radius 1 is 1.19 bits per heavy atom. The van der Waals surface area contributed by atoms with Crippen LogP contribution in [0.4, 0.5) is 5.69 Å². The van der Waals surface area contributed by atoms with Crippen LogP contribution in [0.1, 0.15) is 27.0 Å². The normalized spacial score (nSPS) is 12.9. The number of fused-ring (bicyclic) bond motifs is 1. The van der Waals surface area contributed by atoms with Crippen molar-refractivity contribution in [2.45, 2.75) is 13.0 Å². The summed E-state index contributed by atoms with van der Waals surface area (Å²) in [6, 6.07) is 12.7. The number of nitrogens with zero attached hydrogens (tertiary/aromatic N) is 2. The number of amides is 1. The van der Waals surface area contributed by atoms with E-state index in [2.05, 4.69) is 11.2 Å². The molecule has 7 nitrogen and oxygen atoms in total. The Morgan fingerprint density at radius 2 is 1.90 bits per heavy atom. The maximum absolute atomic E-state index is 12.7. The van der Waals surface area contributed by atoms with Gasteiger partial charge in [-0.2, -0.15) is 0 Å². The molecule has 0 saturated heterocycles. The van der Waals surface area contributed by atoms with Crippen molar-refractivity contribution in [3.8, 4) is 12.3 Å². The molecule has 0 aliphatic carbocycles. The van der Waals surface area contributed by atoms with Crippen LogP contribution >= 0.6 is 0 Å². The summed E-state index contributed by atoms with van der Waals surface area (Å²) in [5.41, 5.74) is 4.20. The monoisotopic (exact) mass is 418 g/mol. The second kappa shape index (κ2) is 9.92. The van der Waals surface area contributed by atoms with Crippen LogP contribution in [0.25, 0.3) is 0 Å². The van der Waals surface area contributed by atoms with Crippen LogP contribution in [0.3, 0.4) is 0 Å². The Labute approximate surface area is 182 Å². The largest absolute Gasteiger partial charge is 0.468 e. The SMILES string of the molecule is C#CCN(C)C(=N)c1ccc(C(=O)Nc2ccc3c(c2)CN(CC(=O)OC)CC3)cc1. The van der Waals surface area contributed by atoms with E-state index >= 15 is 0 Å². The highest BCUT2D eigenvalue weighted by atomic mass is 16.5. The van der Waals surface area contributed by atoms with Gasteiger partial charge < -0.3 is 15.0 Å². The second-order valence-corrected chi connectivity index (χ2v) is 7.46. The molecule has 31 heavy (non-hydrogen) atoms. The van der Waals surface area contributed by atoms with Crippen LogP contribution in [-0.4, -0.2) is 61.3 Å². The molecule has 0 unspecified atom stereocenters. The van der Waals surface area contributed by atoms with Gasteiger partial charge in [-0.1, -0.05) is 24.1 Å². The van der Waals surface area contributed by atoms with Gasteiger partial charge in [0, 0.05) is 37.0 Å². The van der Waals surface area contributed by atoms with Crippen molar-refractivity contribution in [1.29, 1.82) is 5.41 Å². The lowest BCUT2D eigenvalue weighted by Crippen LogP contribution is -2.35. The molecule has 0 saturated carbocycles. The molecule has 1 aliphatic heterocycles. The molecule has 2 aromatic carbocycles. The number of carbonyl (C=O) groups is 2. The number of hydrogen-bond donors (Lipinski definition) is 2. The molecule has 1 heterocycles. The number of esters is 1. The maximum atomic E-state index is 12.7. The summed E-state index contributed by atoms with van der Waals surface area (Å²) in [4.78, 5) is 27.9. The van der Waals surface area contributed by atoms with Gasteiger partial charge in [-0.25, -0.2) is 0 Å². The van der Waals surface area contributed by atoms with E-state index in [0.29, 0.717) is 35.7 Å². The Morgan fingerprint density at radius 3 is 2.58 bits per heavy atom. The van der Waals surface area contributed by atoms with Crippen molar-refractivity contribution >= 4 is 23.4 Å². The molecule has 0 atom stereocenters. The predicted octanol–water partition coefficient (Wildman–Crippen LogP) is 2.36. The summed E-state index contributed by atoms with van der Waals surface area (Å²) < 4.78 is 4.75. The van der Waals surface area contributed by atoms with E-state index in [1.165, 1.54) is 12.7 Å². The van der Waals surface area contributed by atoms with Crippen molar-refractivity contribution < 1.29 is 14.3 Å². The van der Waals surface area contributed by atoms with Gasteiger partial charge in [0.2, 0.25) is 0 Å². The quantitative estimate of drug-likeness (QED) is 0.326. The summed E-state index contributed by atoms with van der Waals surface area (Å²) in [6.07, 6.45) is 6.14. The number of anilines is 1. The van der Waals surface area contributed by atoms with E-state index in [1.54, 1.807) is 36.2 Å². The Balaban J connectivity index is 1.66. The van der Waals surface area contributed by atoms with Gasteiger partial charge in [0.15, 0.2) is 0 Å². The van der Waals surface area contributed by atoms with Crippen LogP contribution in [-0.2, 0) is 22.5 Å². The highest BCUT2D eigenvalue weighted by Crippen LogP contribution is 2.23. The lowest BCUT2D eigenvalue weighted by molar-refractivity contribution is -0.142. The fourth-order valence-corrected chi connectivity index (χ4v) is 3.49. The molecular formula is C24H26N4O3. The zero-order valence-electron chi connectivity index (χ0n) is 17.8. The molecule has 2 N–H and O–H groups in total. The number of amidine groups is 1. The second-order valence-electron chi connectivity index (χ2n) is 7.46. The number of nitrogens with one attached hydrogen (secondary N) is 2. The number of hydrogen-bond acceptors (Lipinski definition) is 5. The number of carbonyl (C=O) groups excluding carboxylic acids is 2. The molecular weight excluding hydrogens is 392 g/mol. The zero-order valence-corrected chi connectivity index (χ0v) is 17.8. The molecule has 0 bridgehead atoms. The third-order valence-corrected chi connectivity index (χ3v) is 5.27. The molecule has 0 aromatic heterocycles. The molecule has 1 aliphatic rings. The van der Waals surface area contributed by atoms with Crippen LogP contribution < -0.4 is 5.32 Å². The fraction of sp³-hybridized carbons (Fsp3) is 0.292. The Kier molecular flexibility index (Phi) is 7.06. The first-order chi connectivity index (χ1) is 14.9. The van der Waals surface area contributed by atoms with Crippen LogP contribution in [0.15, 0.2) is 42.5 Å². The molecule has 3 rings (SSSR count). The number of terminal acetylenes is 1. The molecule has 2 aromatic rings. The topological polar surface area (TPSA) is 85.7 Å². The first-order valence-corrected chi connectivity index (χ1v) is 9.97. The summed E-state index contributed by atoms with van der Waals surface area (Å²) >= 11 is 0. The number of rotatable bonds is 6. The summed E-state index contributed by atoms with van der Waals surface area (Å²) in [5.74, 6) is 2.33. The van der Waals surface area contributed by atoms with E-state index in [9.17, 15) is 9.59 Å². The van der Waals surface area contributed by atoms with E-state index in [1.807, 2.05) is 23.1 Å². The Bertz CT molecular complexity index is 1020. The number of ether oxygens (including phenoxy) is 1. The third kappa shape index (κ3) is 5.50. The fourth-order valence-electron chi connectivity index (χ4n) is 3.49. The lowest BCUT2D eigenvalue weighted by Gasteiger charge is -2.28. The van der Waals surface area contributed by atoms with Gasteiger partial charge in [-0.15, -0.1) is 6.42 Å². The number of benzene rings is 2. The van der Waals surface area contributed by atoms with Gasteiger partial charge in [0.25, 0.3) is 5.91 Å². The Hall–Kier alpha value is -3.63. The molecule has 160 valence electrons. The third-order valence-electron chi connectivity index (χ3n) is 5.27. The van der Waals surface area contributed by atoms with Crippen LogP contribution in [0.2, 0.25) is 0 Å². The zero-order chi connectivity index (χ0) is 22.4. The lowest BCUT2D eigenvalue weighted by atomic mass is 9.99. The highest BCUT2D eigenvalue weighted by Gasteiger charge is 2.19. The van der Waals surface area contributed by atoms with Gasteiger partial charge >= 0.3 is 5.97 Å². The van der Waals surface area contributed by atoms with E-state index in [-0.39, 0.29) is 18.4 Å². The van der Waals surface area contributed by atoms with Crippen LogP contribution in [0, 0.1) is 17.8 Å². The van der Waals surface area contributed by atoms with Crippen LogP contribution in [0.5, 0.6) is 0 Å². The smallest absolute Gasteiger partial charge is 0.319 e. The van der Waals surface area contributed by atoms with E-state index in [0.717, 1.165) is 18.5 Å². The highest BCUT2D eigenvalue weighted by molar-refractivity contribution is 6.05. The van der Waals surface area contributed by atoms with Gasteiger partial charge in [-0.3, -0.25) is 19.9 Å². The molecule has 0 fully saturated rings. The van der Waals surface area contributed by atoms with E-state index in [4.69, 9.17) is 16.6 Å². The van der Waals surface area contributed by atoms with Crippen molar-refractivity contribution in [2.24, 2.45) is 0 Å². The average Bonchev–Trinajstić information content (AvgIpc) is 2.78. The molecule has 1 amide bonds. The summed E-state index contributed by atoms with van der Waals surface area (Å²) in [7, 11) is 3.14. The number of methoxy groups -OCH3 is 1. The minimum atomic E-state index is -0.255. The maximum Gasteiger partial charge on any atom is 0.319 e. The first-order valence-electron chi connectivity index (χ1n) is 9.97. The van der Waals surface area contributed by atoms with E-state index < -0.39 is 0 Å². The van der Waals surface area contributed by atoms with Crippen molar-refractivity contribution in [3.63, 3.8) is 0 Å². The molecule has 0 radical (unpaired) electrons. The predicted molar refractivity (Wildman–Crippen MR) is 120 cm³/mol. The minimum Gasteiger partial charge on any atom is -0.468 e. The standard InChI is InChI=1S/C24H26N4O3/c1-4-12-27(2)23(25)18-5-7-19(8-6-18)24(30)26-21-10-9-17-11-13-28(15-20(17)14-21)16-22(29)31-3/h1,5-10,14,25H,11-13,15-16H2,2-3H3,(H,26,30). The van der Waals surface area contributed by atoms with Gasteiger partial charge in [0.05, 0.1) is 20.2 Å². The molecule has 0 spiro atoms. The average molecular weight is 418 g/mol. The minimum absolute atomic E-state index is 0.225. The summed E-state index contributed by atoms with van der Waals surface area (Å²) in [6.45, 7) is 2.03. The van der Waals surface area contributed by atoms with Crippen molar-refractivity contribution in [1.82, 2.24) is 9.80 Å².